The number of nitro groups is 3. The third-order valence-corrected chi connectivity index (χ3v) is 19.1. The van der Waals surface area contributed by atoms with Gasteiger partial charge in [0.05, 0.1) is 58.9 Å². The van der Waals surface area contributed by atoms with Crippen LogP contribution in [0.3, 0.4) is 0 Å². The van der Waals surface area contributed by atoms with E-state index < -0.39 is 103 Å². The second kappa shape index (κ2) is 41.2. The van der Waals surface area contributed by atoms with Crippen molar-refractivity contribution in [1.82, 2.24) is 24.9 Å². The Morgan fingerprint density at radius 1 is 0.598 bits per heavy atom. The second-order valence-corrected chi connectivity index (χ2v) is 27.5. The molecule has 0 fully saturated rings. The van der Waals surface area contributed by atoms with Crippen LogP contribution >= 0.6 is 102 Å². The van der Waals surface area contributed by atoms with Crippen LogP contribution in [0.4, 0.5) is 41.6 Å². The van der Waals surface area contributed by atoms with Crippen molar-refractivity contribution >= 4 is 173 Å². The van der Waals surface area contributed by atoms with Gasteiger partial charge < -0.3 is 25.1 Å². The van der Waals surface area contributed by atoms with Gasteiger partial charge in [0.15, 0.2) is 5.78 Å². The molecule has 0 unspecified atom stereocenters. The van der Waals surface area contributed by atoms with E-state index in [1.54, 1.807) is 60.1 Å². The molecule has 0 radical (unpaired) electrons. The number of sulfonamides is 1. The highest BCUT2D eigenvalue weighted by Crippen LogP contribution is 2.35. The Labute approximate surface area is 605 Å². The average molecular weight is 1760 g/mol. The number of pyridine rings is 5. The summed E-state index contributed by atoms with van der Waals surface area (Å²) >= 11 is 21.5. The Kier molecular flexibility index (Phi) is 38.1. The van der Waals surface area contributed by atoms with Crippen molar-refractivity contribution in [3.05, 3.63) is 199 Å². The lowest BCUT2D eigenvalue weighted by Crippen LogP contribution is -2.26. The molecule has 0 spiro atoms. The SMILES string of the molecule is C.COC(=O)C(C(=O)OC)c1ncc(Br)c(C)c1[N+](=O)[O-].COC(=O)CC(=O)CO.Cc1c(Br)cnc(Cl)c1[N+](=O)[O-].Cc1ccc(S(=O)(=O)Cl)c(F)c1.Cc1ncc(Br)c(C)c1N.Cc1ncc(Br)c(C)c1NS(=O)(=O)c1ccc(F)cc1F.Cc1ncc(Br)c(C)c1[N+](=O)[O-]. The third kappa shape index (κ3) is 27.2. The lowest BCUT2D eigenvalue weighted by atomic mass is 10.0. The molecular formula is C57H60Br5Cl2F3N10O18S2. The number of ether oxygens (including phenoxy) is 3. The number of rotatable bonds is 13. The van der Waals surface area contributed by atoms with Gasteiger partial charge in [-0.05, 0) is 183 Å². The van der Waals surface area contributed by atoms with Crippen LogP contribution < -0.4 is 10.5 Å². The molecule has 0 amide bonds. The summed E-state index contributed by atoms with van der Waals surface area (Å²) in [5.74, 6) is -7.51. The number of aliphatic hydroxyl groups excluding tert-OH is 1. The maximum Gasteiger partial charge on any atom is 0.326 e. The largest absolute Gasteiger partial charge is 0.469 e. The van der Waals surface area contributed by atoms with Gasteiger partial charge in [-0.3, -0.25) is 74.2 Å². The number of nitrogens with two attached hydrogens (primary N) is 1. The van der Waals surface area contributed by atoms with Gasteiger partial charge in [-0.1, -0.05) is 25.1 Å². The fourth-order valence-electron chi connectivity index (χ4n) is 6.85. The van der Waals surface area contributed by atoms with Crippen molar-refractivity contribution in [3.63, 3.8) is 0 Å². The molecule has 4 N–H and O–H groups in total. The number of aromatic nitrogens is 5. The summed E-state index contributed by atoms with van der Waals surface area (Å²) in [6.07, 6.45) is 7.24. The number of anilines is 2. The lowest BCUT2D eigenvalue weighted by molar-refractivity contribution is -0.386. The van der Waals surface area contributed by atoms with Gasteiger partial charge in [-0.15, -0.1) is 0 Å². The highest BCUT2D eigenvalue weighted by molar-refractivity contribution is 9.11. The van der Waals surface area contributed by atoms with Crippen LogP contribution in [0.1, 0.15) is 75.9 Å². The van der Waals surface area contributed by atoms with Crippen molar-refractivity contribution in [2.75, 3.05) is 38.4 Å². The Morgan fingerprint density at radius 2 is 1.01 bits per heavy atom. The van der Waals surface area contributed by atoms with Crippen LogP contribution in [-0.2, 0) is 52.5 Å². The molecule has 2 aromatic carbocycles. The minimum atomic E-state index is -4.18. The van der Waals surface area contributed by atoms with Crippen LogP contribution in [0.2, 0.25) is 5.15 Å². The van der Waals surface area contributed by atoms with E-state index in [1.165, 1.54) is 32.5 Å². The van der Waals surface area contributed by atoms with E-state index in [9.17, 15) is 79.5 Å². The zero-order valence-corrected chi connectivity index (χ0v) is 63.1. The van der Waals surface area contributed by atoms with E-state index in [4.69, 9.17) is 33.1 Å². The highest BCUT2D eigenvalue weighted by Gasteiger charge is 2.39. The normalized spacial score (nSPS) is 10.3. The summed E-state index contributed by atoms with van der Waals surface area (Å²) < 4.78 is 104. The van der Waals surface area contributed by atoms with Crippen molar-refractivity contribution in [1.29, 1.82) is 0 Å². The summed E-state index contributed by atoms with van der Waals surface area (Å²) in [5, 5.41) is 40.2. The van der Waals surface area contributed by atoms with E-state index in [0.29, 0.717) is 57.6 Å². The predicted molar refractivity (Wildman–Crippen MR) is 371 cm³/mol. The maximum atomic E-state index is 13.6. The molecule has 5 aromatic heterocycles. The Morgan fingerprint density at radius 3 is 1.42 bits per heavy atom. The molecule has 7 aromatic rings. The van der Waals surface area contributed by atoms with Gasteiger partial charge in [0, 0.05) is 86.8 Å². The van der Waals surface area contributed by atoms with Crippen molar-refractivity contribution in [2.24, 2.45) is 0 Å². The predicted octanol–water partition coefficient (Wildman–Crippen LogP) is 14.0. The number of halogens is 10. The summed E-state index contributed by atoms with van der Waals surface area (Å²) in [4.78, 5) is 92.6. The minimum Gasteiger partial charge on any atom is -0.469 e. The number of nitrogens with zero attached hydrogens (tertiary/aromatic N) is 8. The van der Waals surface area contributed by atoms with Gasteiger partial charge in [0.2, 0.25) is 11.1 Å². The van der Waals surface area contributed by atoms with Crippen LogP contribution in [-0.4, -0.2) is 113 Å². The molecule has 97 heavy (non-hydrogen) atoms. The summed E-state index contributed by atoms with van der Waals surface area (Å²) in [6, 6.07) is 6.04. The van der Waals surface area contributed by atoms with E-state index in [2.05, 4.69) is 124 Å². The van der Waals surface area contributed by atoms with Crippen molar-refractivity contribution in [3.8, 4) is 0 Å². The maximum absolute atomic E-state index is 13.6. The first-order valence-corrected chi connectivity index (χ1v) is 34.0. The van der Waals surface area contributed by atoms with Gasteiger partial charge in [-0.25, -0.2) is 35.0 Å². The number of benzene rings is 2. The summed E-state index contributed by atoms with van der Waals surface area (Å²) in [5.41, 5.74) is 11.4. The van der Waals surface area contributed by atoms with Crippen molar-refractivity contribution < 1.29 is 83.3 Å². The number of Topliss-reactive ketones (excluding diaryl/α,β-unsaturated/α-hetero) is 1. The zero-order chi connectivity index (χ0) is 74.2. The lowest BCUT2D eigenvalue weighted by Gasteiger charge is -2.14. The van der Waals surface area contributed by atoms with Crippen molar-refractivity contribution in [2.45, 2.75) is 91.9 Å². The smallest absolute Gasteiger partial charge is 0.326 e. The first-order valence-electron chi connectivity index (χ1n) is 25.9. The number of ketones is 1. The van der Waals surface area contributed by atoms with Crippen LogP contribution in [0.25, 0.3) is 0 Å². The number of aliphatic hydroxyl groups is 1. The quantitative estimate of drug-likeness (QED) is 0.0184. The Bertz CT molecular complexity index is 4190. The van der Waals surface area contributed by atoms with Gasteiger partial charge in [0.1, 0.15) is 51.7 Å². The molecule has 40 heteroatoms. The number of nitrogen functional groups attached to an aromatic ring is 1. The topological polar surface area (TPSA) is 416 Å². The number of hydrogen-bond acceptors (Lipinski definition) is 24. The molecule has 7 rings (SSSR count). The van der Waals surface area contributed by atoms with E-state index in [0.717, 1.165) is 59.9 Å². The molecule has 0 saturated heterocycles. The van der Waals surface area contributed by atoms with E-state index in [1.807, 2.05) is 13.8 Å². The number of esters is 3. The Hall–Kier alpha value is -7.30. The minimum absolute atomic E-state index is 0. The van der Waals surface area contributed by atoms with Gasteiger partial charge in [-0.2, -0.15) is 0 Å². The number of aryl methyl sites for hydroxylation is 4. The molecule has 5 heterocycles. The Balaban J connectivity index is 0.00000113. The molecule has 28 nitrogen and oxygen atoms in total. The van der Waals surface area contributed by atoms with Crippen LogP contribution in [0.15, 0.2) is 99.5 Å². The molecule has 0 aliphatic rings. The van der Waals surface area contributed by atoms with E-state index >= 15 is 0 Å². The number of hydrogen-bond donors (Lipinski definition) is 3. The van der Waals surface area contributed by atoms with Crippen LogP contribution in [0.5, 0.6) is 0 Å². The molecule has 0 aliphatic carbocycles. The fraction of sp³-hybridized carbons (Fsp3) is 0.281. The first kappa shape index (κ1) is 89.7. The number of carbonyl (C=O) groups excluding carboxylic acids is 4. The van der Waals surface area contributed by atoms with Gasteiger partial charge in [0.25, 0.3) is 30.4 Å². The summed E-state index contributed by atoms with van der Waals surface area (Å²) in [6.45, 7) is 14.6. The first-order chi connectivity index (χ1) is 44.4. The van der Waals surface area contributed by atoms with E-state index in [-0.39, 0.29) is 47.3 Å². The molecule has 0 bridgehead atoms. The monoisotopic (exact) mass is 1760 g/mol. The number of carbonyl (C=O) groups is 4. The average Bonchev–Trinajstić information content (AvgIpc) is 0.802. The molecule has 0 saturated carbocycles. The van der Waals surface area contributed by atoms with Crippen LogP contribution in [0, 0.1) is 110 Å². The molecule has 0 atom stereocenters. The zero-order valence-electron chi connectivity index (χ0n) is 52.0. The number of methoxy groups -OCH3 is 3. The second-order valence-electron chi connectivity index (χ2n) is 18.7. The molecule has 528 valence electrons. The standard InChI is InChI=1S/C13H11BrF2N2O2S.C11H11BrN2O6.C7H7BrN2O2.C7H9BrN2.C7H6ClFO2S.C6H4BrClN2O2.C5H8O4.CH4/c1-7-10(14)6-17-8(2)13(7)18-21(19,20)12-4-3-9(15)5-11(12)16;1-5-6(12)4-13-8(9(5)14(17)18)7(10(15)19-2)11(16)20-3;1-4-6(8)3-9-5(2)7(4)10(11)12;1-4-6(8)3-10-5(2)7(4)9;1-5-2-3-7(6(9)4-5)12(8,10)11;1-3-4(7)2-9-6(8)5(3)10(11)12;1-9-5(8)2-4(7)3-6;/h3-6,18H,1-2H3;4,7H,1-3H3;3H,1-2H3;3H,9H2,1-2H3;2-4H,1H3;2H,1H3;6H,2-3H2,1H3;1H4. The summed E-state index contributed by atoms with van der Waals surface area (Å²) in [7, 11) is 0.138. The molecule has 0 aliphatic heterocycles. The fourth-order valence-corrected chi connectivity index (χ4v) is 10.7. The third-order valence-electron chi connectivity index (χ3n) is 12.1. The highest BCUT2D eigenvalue weighted by atomic mass is 79.9. The molecular weight excluding hydrogens is 1700 g/mol. The van der Waals surface area contributed by atoms with Gasteiger partial charge >= 0.3 is 23.6 Å². The number of nitrogens with one attached hydrogen (secondary N) is 1.